The highest BCUT2D eigenvalue weighted by Crippen LogP contribution is 2.33. The zero-order valence-electron chi connectivity index (χ0n) is 21.1. The molecule has 0 saturated carbocycles. The highest BCUT2D eigenvalue weighted by atomic mass is 16.5. The van der Waals surface area contributed by atoms with Gasteiger partial charge >= 0.3 is 11.9 Å². The molecule has 186 valence electrons. The standard InChI is InChI=1S/C29H30N2O5/c1-6-35-24-17-31-23(16-11-18(2)26(31)30-24)25(36-28(34)29(3,4)5)20-14-12-19(13-15-20)21-9-7-8-10-22(21)27(32)33/h7-17,25H,6H2,1-5H3,(H,32,33)/t25-/m1/s1. The van der Waals surface area contributed by atoms with E-state index in [9.17, 15) is 14.7 Å². The molecule has 0 aliphatic rings. The van der Waals surface area contributed by atoms with Crippen molar-refractivity contribution in [2.45, 2.75) is 40.7 Å². The minimum Gasteiger partial charge on any atom is -0.478 e. The van der Waals surface area contributed by atoms with Gasteiger partial charge in [0.1, 0.15) is 5.65 Å². The van der Waals surface area contributed by atoms with Crippen LogP contribution in [-0.2, 0) is 9.53 Å². The van der Waals surface area contributed by atoms with Crippen LogP contribution in [0.5, 0.6) is 5.88 Å². The average molecular weight is 487 g/mol. The van der Waals surface area contributed by atoms with E-state index in [-0.39, 0.29) is 11.5 Å². The van der Waals surface area contributed by atoms with Gasteiger partial charge in [0.2, 0.25) is 5.88 Å². The summed E-state index contributed by atoms with van der Waals surface area (Å²) in [6.07, 6.45) is 1.09. The Hall–Kier alpha value is -4.13. The third kappa shape index (κ3) is 4.96. The first-order valence-corrected chi connectivity index (χ1v) is 11.8. The highest BCUT2D eigenvalue weighted by Gasteiger charge is 2.30. The molecule has 0 radical (unpaired) electrons. The number of carboxylic acid groups (broad SMARTS) is 1. The number of ether oxygens (including phenoxy) is 2. The van der Waals surface area contributed by atoms with Crippen LogP contribution in [0, 0.1) is 12.3 Å². The number of fused-ring (bicyclic) bond motifs is 1. The number of hydrogen-bond acceptors (Lipinski definition) is 5. The largest absolute Gasteiger partial charge is 0.478 e. The van der Waals surface area contributed by atoms with Crippen molar-refractivity contribution in [2.24, 2.45) is 5.41 Å². The Morgan fingerprint density at radius 3 is 2.36 bits per heavy atom. The SMILES string of the molecule is CCOc1cn2c([C@H](OC(=O)C(C)(C)C)c3ccc(-c4ccccc4C(=O)O)cc3)ccc(C)c2n1. The maximum Gasteiger partial charge on any atom is 0.336 e. The number of benzene rings is 2. The van der Waals surface area contributed by atoms with Gasteiger partial charge < -0.3 is 14.6 Å². The van der Waals surface area contributed by atoms with Crippen molar-refractivity contribution in [3.8, 4) is 17.0 Å². The Bertz CT molecular complexity index is 1410. The predicted octanol–water partition coefficient (Wildman–Crippen LogP) is 6.09. The number of aromatic nitrogens is 2. The maximum absolute atomic E-state index is 13.0. The fraction of sp³-hybridized carbons (Fsp3) is 0.276. The molecule has 4 aromatic rings. The van der Waals surface area contributed by atoms with Gasteiger partial charge in [0.15, 0.2) is 6.10 Å². The number of aromatic carboxylic acids is 1. The summed E-state index contributed by atoms with van der Waals surface area (Å²) in [7, 11) is 0. The third-order valence-corrected chi connectivity index (χ3v) is 5.90. The number of nitrogens with zero attached hydrogens (tertiary/aromatic N) is 2. The van der Waals surface area contributed by atoms with Crippen LogP contribution < -0.4 is 4.74 Å². The van der Waals surface area contributed by atoms with Crippen molar-refractivity contribution in [3.63, 3.8) is 0 Å². The summed E-state index contributed by atoms with van der Waals surface area (Å²) in [4.78, 5) is 29.3. The summed E-state index contributed by atoms with van der Waals surface area (Å²) in [5.74, 6) is -0.833. The van der Waals surface area contributed by atoms with E-state index >= 15 is 0 Å². The zero-order chi connectivity index (χ0) is 26.0. The lowest BCUT2D eigenvalue weighted by atomic mass is 9.95. The van der Waals surface area contributed by atoms with E-state index in [1.54, 1.807) is 24.4 Å². The summed E-state index contributed by atoms with van der Waals surface area (Å²) in [6, 6.07) is 18.2. The molecule has 0 aliphatic heterocycles. The van der Waals surface area contributed by atoms with Gasteiger partial charge in [-0.15, -0.1) is 0 Å². The Morgan fingerprint density at radius 1 is 1.03 bits per heavy atom. The number of carbonyl (C=O) groups excluding carboxylic acids is 1. The van der Waals surface area contributed by atoms with Crippen LogP contribution in [0.15, 0.2) is 66.9 Å². The number of pyridine rings is 1. The van der Waals surface area contributed by atoms with Crippen LogP contribution >= 0.6 is 0 Å². The molecule has 0 aliphatic carbocycles. The molecule has 0 bridgehead atoms. The lowest BCUT2D eigenvalue weighted by Crippen LogP contribution is -2.26. The average Bonchev–Trinajstić information content (AvgIpc) is 3.27. The van der Waals surface area contributed by atoms with Crippen molar-refractivity contribution in [1.29, 1.82) is 0 Å². The molecule has 0 fully saturated rings. The molecular weight excluding hydrogens is 456 g/mol. The predicted molar refractivity (Wildman–Crippen MR) is 137 cm³/mol. The number of rotatable bonds is 7. The molecule has 1 atom stereocenters. The quantitative estimate of drug-likeness (QED) is 0.318. The molecule has 2 aromatic heterocycles. The Kier molecular flexibility index (Phi) is 6.84. The van der Waals surface area contributed by atoms with Crippen molar-refractivity contribution in [1.82, 2.24) is 9.38 Å². The summed E-state index contributed by atoms with van der Waals surface area (Å²) < 4.78 is 13.6. The van der Waals surface area contributed by atoms with Gasteiger partial charge in [-0.25, -0.2) is 4.79 Å². The molecule has 4 rings (SSSR count). The van der Waals surface area contributed by atoms with Gasteiger partial charge in [-0.2, -0.15) is 4.98 Å². The first-order chi connectivity index (χ1) is 17.1. The molecule has 36 heavy (non-hydrogen) atoms. The lowest BCUT2D eigenvalue weighted by molar-refractivity contribution is -0.157. The van der Waals surface area contributed by atoms with E-state index in [0.717, 1.165) is 28.0 Å². The molecule has 2 heterocycles. The third-order valence-electron chi connectivity index (χ3n) is 5.90. The second kappa shape index (κ2) is 9.85. The van der Waals surface area contributed by atoms with Crippen LogP contribution in [-0.4, -0.2) is 33.0 Å². The topological polar surface area (TPSA) is 90.1 Å². The van der Waals surface area contributed by atoms with Gasteiger partial charge in [0.25, 0.3) is 0 Å². The van der Waals surface area contributed by atoms with Crippen molar-refractivity contribution in [2.75, 3.05) is 6.61 Å². The molecule has 0 unspecified atom stereocenters. The molecule has 0 amide bonds. The van der Waals surface area contributed by atoms with Crippen LogP contribution in [0.2, 0.25) is 0 Å². The van der Waals surface area contributed by atoms with E-state index in [2.05, 4.69) is 4.98 Å². The smallest absolute Gasteiger partial charge is 0.336 e. The van der Waals surface area contributed by atoms with Gasteiger partial charge in [-0.05, 0) is 69.0 Å². The van der Waals surface area contributed by atoms with Crippen molar-refractivity contribution < 1.29 is 24.2 Å². The normalized spacial score (nSPS) is 12.4. The second-order valence-corrected chi connectivity index (χ2v) is 9.66. The Balaban J connectivity index is 1.82. The fourth-order valence-electron chi connectivity index (χ4n) is 3.97. The van der Waals surface area contributed by atoms with Crippen molar-refractivity contribution >= 4 is 17.6 Å². The number of imidazole rings is 1. The van der Waals surface area contributed by atoms with E-state index in [4.69, 9.17) is 9.47 Å². The van der Waals surface area contributed by atoms with E-state index in [1.165, 1.54) is 0 Å². The second-order valence-electron chi connectivity index (χ2n) is 9.66. The maximum atomic E-state index is 13.0. The first-order valence-electron chi connectivity index (χ1n) is 11.8. The minimum atomic E-state index is -0.987. The minimum absolute atomic E-state index is 0.225. The van der Waals surface area contributed by atoms with Gasteiger partial charge in [0, 0.05) is 0 Å². The van der Waals surface area contributed by atoms with Crippen LogP contribution in [0.1, 0.15) is 61.0 Å². The number of hydrogen-bond donors (Lipinski definition) is 1. The molecule has 2 aromatic carbocycles. The first kappa shape index (κ1) is 25.0. The number of esters is 1. The van der Waals surface area contributed by atoms with Crippen molar-refractivity contribution in [3.05, 3.63) is 89.2 Å². The summed E-state index contributed by atoms with van der Waals surface area (Å²) in [6.45, 7) is 9.79. The molecule has 7 nitrogen and oxygen atoms in total. The number of carboxylic acids is 1. The Labute approximate surface area is 210 Å². The summed E-state index contributed by atoms with van der Waals surface area (Å²) in [5.41, 5.74) is 4.07. The van der Waals surface area contributed by atoms with E-state index in [0.29, 0.717) is 18.1 Å². The monoisotopic (exact) mass is 486 g/mol. The van der Waals surface area contributed by atoms with Crippen LogP contribution in [0.3, 0.4) is 0 Å². The van der Waals surface area contributed by atoms with Gasteiger partial charge in [-0.3, -0.25) is 9.20 Å². The van der Waals surface area contributed by atoms with Crippen LogP contribution in [0.25, 0.3) is 16.8 Å². The highest BCUT2D eigenvalue weighted by molar-refractivity contribution is 5.96. The zero-order valence-corrected chi connectivity index (χ0v) is 21.1. The lowest BCUT2D eigenvalue weighted by Gasteiger charge is -2.25. The molecular formula is C29H30N2O5. The fourth-order valence-corrected chi connectivity index (χ4v) is 3.97. The van der Waals surface area contributed by atoms with E-state index < -0.39 is 17.5 Å². The molecule has 7 heteroatoms. The number of carbonyl (C=O) groups is 2. The summed E-state index contributed by atoms with van der Waals surface area (Å²) >= 11 is 0. The molecule has 1 N–H and O–H groups in total. The van der Waals surface area contributed by atoms with E-state index in [1.807, 2.05) is 81.5 Å². The summed E-state index contributed by atoms with van der Waals surface area (Å²) in [5, 5.41) is 9.58. The number of aryl methyl sites for hydroxylation is 1. The molecule has 0 spiro atoms. The van der Waals surface area contributed by atoms with Crippen LogP contribution in [0.4, 0.5) is 0 Å². The Morgan fingerprint density at radius 2 is 1.72 bits per heavy atom. The molecule has 0 saturated heterocycles. The van der Waals surface area contributed by atoms with Gasteiger partial charge in [0.05, 0.1) is 29.5 Å². The van der Waals surface area contributed by atoms with Gasteiger partial charge in [-0.1, -0.05) is 48.5 Å².